The summed E-state index contributed by atoms with van der Waals surface area (Å²) in [5.41, 5.74) is 1.48. The van der Waals surface area contributed by atoms with Crippen molar-refractivity contribution in [2.24, 2.45) is 0 Å². The second-order valence-corrected chi connectivity index (χ2v) is 7.42. The number of aromatic nitrogens is 1. The zero-order valence-corrected chi connectivity index (χ0v) is 15.3. The zero-order chi connectivity index (χ0) is 18.3. The van der Waals surface area contributed by atoms with Gasteiger partial charge in [-0.25, -0.2) is 8.42 Å². The average molecular weight is 361 g/mol. The number of rotatable bonds is 8. The molecule has 6 nitrogen and oxygen atoms in total. The Bertz CT molecular complexity index is 786. The molecule has 134 valence electrons. The molecule has 2 aromatic rings. The van der Waals surface area contributed by atoms with Gasteiger partial charge in [0.05, 0.1) is 4.90 Å². The second kappa shape index (κ2) is 8.73. The average Bonchev–Trinajstić information content (AvgIpc) is 2.63. The van der Waals surface area contributed by atoms with E-state index in [9.17, 15) is 13.2 Å². The Morgan fingerprint density at radius 3 is 2.36 bits per heavy atom. The summed E-state index contributed by atoms with van der Waals surface area (Å²) < 4.78 is 26.2. The molecule has 0 aliphatic carbocycles. The van der Waals surface area contributed by atoms with Crippen LogP contribution in [-0.2, 0) is 16.4 Å². The maximum absolute atomic E-state index is 12.4. The zero-order valence-electron chi connectivity index (χ0n) is 14.5. The van der Waals surface area contributed by atoms with Crippen molar-refractivity contribution >= 4 is 15.9 Å². The lowest BCUT2D eigenvalue weighted by molar-refractivity contribution is 0.0954. The summed E-state index contributed by atoms with van der Waals surface area (Å²) in [4.78, 5) is 16.4. The first kappa shape index (κ1) is 19.1. The van der Waals surface area contributed by atoms with Crippen LogP contribution in [0.4, 0.5) is 0 Å². The summed E-state index contributed by atoms with van der Waals surface area (Å²) in [7, 11) is -3.50. The molecule has 0 saturated carbocycles. The number of carbonyl (C=O) groups excluding carboxylic acids is 1. The molecule has 0 radical (unpaired) electrons. The van der Waals surface area contributed by atoms with Crippen molar-refractivity contribution in [3.05, 3.63) is 59.9 Å². The number of hydrogen-bond donors (Lipinski definition) is 1. The molecule has 0 atom stereocenters. The summed E-state index contributed by atoms with van der Waals surface area (Å²) in [6.07, 6.45) is 4.16. The molecule has 2 rings (SSSR count). The van der Waals surface area contributed by atoms with Gasteiger partial charge in [0.1, 0.15) is 0 Å². The molecule has 1 aromatic carbocycles. The summed E-state index contributed by atoms with van der Waals surface area (Å²) in [6.45, 7) is 4.91. The highest BCUT2D eigenvalue weighted by Crippen LogP contribution is 2.16. The minimum Gasteiger partial charge on any atom is -0.352 e. The third kappa shape index (κ3) is 4.87. The first-order valence-electron chi connectivity index (χ1n) is 8.26. The summed E-state index contributed by atoms with van der Waals surface area (Å²) in [5, 5.41) is 2.82. The van der Waals surface area contributed by atoms with Crippen LogP contribution in [0.15, 0.2) is 53.7 Å². The van der Waals surface area contributed by atoms with Crippen LogP contribution in [0.25, 0.3) is 0 Å². The van der Waals surface area contributed by atoms with E-state index in [2.05, 4.69) is 10.3 Å². The van der Waals surface area contributed by atoms with Crippen molar-refractivity contribution in [3.63, 3.8) is 0 Å². The third-order valence-corrected chi connectivity index (χ3v) is 5.95. The van der Waals surface area contributed by atoms with Gasteiger partial charge in [0.2, 0.25) is 10.0 Å². The first-order chi connectivity index (χ1) is 12.0. The molecule has 25 heavy (non-hydrogen) atoms. The quantitative estimate of drug-likeness (QED) is 0.781. The lowest BCUT2D eigenvalue weighted by Crippen LogP contribution is -2.30. The van der Waals surface area contributed by atoms with Crippen LogP contribution in [0, 0.1) is 0 Å². The van der Waals surface area contributed by atoms with Crippen LogP contribution in [0.2, 0.25) is 0 Å². The molecule has 0 bridgehead atoms. The molecule has 1 N–H and O–H groups in total. The van der Waals surface area contributed by atoms with Crippen LogP contribution < -0.4 is 5.32 Å². The first-order valence-corrected chi connectivity index (χ1v) is 9.70. The van der Waals surface area contributed by atoms with Gasteiger partial charge < -0.3 is 5.32 Å². The fraction of sp³-hybridized carbons (Fsp3) is 0.333. The Labute approximate surface area is 148 Å². The van der Waals surface area contributed by atoms with Crippen molar-refractivity contribution in [3.8, 4) is 0 Å². The van der Waals surface area contributed by atoms with Crippen molar-refractivity contribution in [2.45, 2.75) is 25.2 Å². The molecule has 7 heteroatoms. The SMILES string of the molecule is CCN(CC)S(=O)(=O)c1ccc(C(=O)NCCc2cccnc2)cc1. The number of carbonyl (C=O) groups is 1. The minimum atomic E-state index is -3.50. The maximum Gasteiger partial charge on any atom is 0.251 e. The van der Waals surface area contributed by atoms with E-state index in [-0.39, 0.29) is 10.8 Å². The van der Waals surface area contributed by atoms with E-state index >= 15 is 0 Å². The fourth-order valence-corrected chi connectivity index (χ4v) is 3.92. The van der Waals surface area contributed by atoms with Gasteiger partial charge >= 0.3 is 0 Å². The Balaban J connectivity index is 1.98. The molecule has 0 saturated heterocycles. The lowest BCUT2D eigenvalue weighted by Gasteiger charge is -2.18. The predicted molar refractivity (Wildman–Crippen MR) is 96.8 cm³/mol. The van der Waals surface area contributed by atoms with Crippen molar-refractivity contribution < 1.29 is 13.2 Å². The minimum absolute atomic E-state index is 0.197. The molecule has 1 heterocycles. The van der Waals surface area contributed by atoms with Gasteiger partial charge in [0.15, 0.2) is 0 Å². The maximum atomic E-state index is 12.4. The van der Waals surface area contributed by atoms with Gasteiger partial charge in [0.25, 0.3) is 5.91 Å². The normalized spacial score (nSPS) is 11.5. The summed E-state index contributed by atoms with van der Waals surface area (Å²) in [6, 6.07) is 9.83. The number of amides is 1. The molecule has 1 aromatic heterocycles. The molecule has 0 spiro atoms. The smallest absolute Gasteiger partial charge is 0.251 e. The molecular formula is C18H23N3O3S. The van der Waals surface area contributed by atoms with Crippen LogP contribution in [-0.4, -0.2) is 43.2 Å². The molecule has 0 fully saturated rings. The summed E-state index contributed by atoms with van der Waals surface area (Å²) in [5.74, 6) is -0.226. The predicted octanol–water partition coefficient (Wildman–Crippen LogP) is 2.08. The van der Waals surface area contributed by atoms with E-state index in [1.165, 1.54) is 28.6 Å². The second-order valence-electron chi connectivity index (χ2n) is 5.48. The van der Waals surface area contributed by atoms with Gasteiger partial charge in [-0.2, -0.15) is 4.31 Å². The largest absolute Gasteiger partial charge is 0.352 e. The molecule has 0 unspecified atom stereocenters. The van der Waals surface area contributed by atoms with Gasteiger partial charge in [-0.05, 0) is 42.3 Å². The standard InChI is InChI=1S/C18H23N3O3S/c1-3-21(4-2)25(23,24)17-9-7-16(8-10-17)18(22)20-13-11-15-6-5-12-19-14-15/h5-10,12,14H,3-4,11,13H2,1-2H3,(H,20,22). The highest BCUT2D eigenvalue weighted by atomic mass is 32.2. The Hall–Kier alpha value is -2.25. The fourth-order valence-electron chi connectivity index (χ4n) is 2.46. The number of pyridine rings is 1. The van der Waals surface area contributed by atoms with E-state index in [0.29, 0.717) is 31.6 Å². The van der Waals surface area contributed by atoms with E-state index in [1.54, 1.807) is 26.2 Å². The number of benzene rings is 1. The van der Waals surface area contributed by atoms with E-state index < -0.39 is 10.0 Å². The molecule has 1 amide bonds. The monoisotopic (exact) mass is 361 g/mol. The van der Waals surface area contributed by atoms with Gasteiger partial charge in [-0.3, -0.25) is 9.78 Å². The van der Waals surface area contributed by atoms with Crippen LogP contribution in [0.3, 0.4) is 0 Å². The van der Waals surface area contributed by atoms with Crippen molar-refractivity contribution in [1.82, 2.24) is 14.6 Å². The van der Waals surface area contributed by atoms with E-state index in [4.69, 9.17) is 0 Å². The van der Waals surface area contributed by atoms with Crippen molar-refractivity contribution in [2.75, 3.05) is 19.6 Å². The third-order valence-electron chi connectivity index (χ3n) is 3.88. The number of hydrogen-bond acceptors (Lipinski definition) is 4. The topological polar surface area (TPSA) is 79.4 Å². The van der Waals surface area contributed by atoms with Gasteiger partial charge in [0, 0.05) is 37.6 Å². The van der Waals surface area contributed by atoms with Crippen LogP contribution in [0.5, 0.6) is 0 Å². The molecule has 0 aliphatic rings. The van der Waals surface area contributed by atoms with Gasteiger partial charge in [-0.1, -0.05) is 19.9 Å². The highest BCUT2D eigenvalue weighted by molar-refractivity contribution is 7.89. The Morgan fingerprint density at radius 2 is 1.80 bits per heavy atom. The number of sulfonamides is 1. The lowest BCUT2D eigenvalue weighted by atomic mass is 10.2. The van der Waals surface area contributed by atoms with Crippen molar-refractivity contribution in [1.29, 1.82) is 0 Å². The molecule has 0 aliphatic heterocycles. The Kier molecular flexibility index (Phi) is 6.66. The Morgan fingerprint density at radius 1 is 1.12 bits per heavy atom. The van der Waals surface area contributed by atoms with E-state index in [1.807, 2.05) is 12.1 Å². The van der Waals surface area contributed by atoms with Crippen LogP contribution >= 0.6 is 0 Å². The van der Waals surface area contributed by atoms with E-state index in [0.717, 1.165) is 5.56 Å². The van der Waals surface area contributed by atoms with Gasteiger partial charge in [-0.15, -0.1) is 0 Å². The molecular weight excluding hydrogens is 338 g/mol. The van der Waals surface area contributed by atoms with Crippen LogP contribution in [0.1, 0.15) is 29.8 Å². The summed E-state index contributed by atoms with van der Waals surface area (Å²) >= 11 is 0. The highest BCUT2D eigenvalue weighted by Gasteiger charge is 2.21. The number of nitrogens with one attached hydrogen (secondary N) is 1. The number of nitrogens with zero attached hydrogens (tertiary/aromatic N) is 2.